The highest BCUT2D eigenvalue weighted by molar-refractivity contribution is 5.75. The van der Waals surface area contributed by atoms with Crippen LogP contribution < -0.4 is 11.1 Å². The second-order valence-electron chi connectivity index (χ2n) is 4.17. The Labute approximate surface area is 108 Å². The van der Waals surface area contributed by atoms with Crippen LogP contribution in [-0.4, -0.2) is 40.9 Å². The number of carbonyl (C=O) groups excluding carboxylic acids is 1. The fourth-order valence-corrected chi connectivity index (χ4v) is 1.61. The van der Waals surface area contributed by atoms with E-state index < -0.39 is 0 Å². The van der Waals surface area contributed by atoms with Gasteiger partial charge in [0.15, 0.2) is 0 Å². The number of aromatic nitrogens is 2. The van der Waals surface area contributed by atoms with Gasteiger partial charge in [0, 0.05) is 13.6 Å². The van der Waals surface area contributed by atoms with Crippen molar-refractivity contribution in [2.24, 2.45) is 5.73 Å². The van der Waals surface area contributed by atoms with E-state index in [1.54, 1.807) is 19.4 Å². The lowest BCUT2D eigenvalue weighted by Crippen LogP contribution is -2.34. The van der Waals surface area contributed by atoms with E-state index in [-0.39, 0.29) is 12.5 Å². The Morgan fingerprint density at radius 1 is 1.44 bits per heavy atom. The Bertz CT molecular complexity index is 365. The third-order valence-electron chi connectivity index (χ3n) is 2.55. The lowest BCUT2D eigenvalue weighted by molar-refractivity contribution is -0.119. The number of hydrogen-bond acceptors (Lipinski definition) is 5. The molecule has 0 spiro atoms. The van der Waals surface area contributed by atoms with E-state index in [9.17, 15) is 4.79 Å². The van der Waals surface area contributed by atoms with Crippen LogP contribution in [0.25, 0.3) is 0 Å². The fraction of sp³-hybridized carbons (Fsp3) is 0.583. The van der Waals surface area contributed by atoms with Crippen LogP contribution in [-0.2, 0) is 11.3 Å². The number of primary amides is 1. The number of nitrogens with two attached hydrogens (primary N) is 1. The Kier molecular flexibility index (Phi) is 6.07. The summed E-state index contributed by atoms with van der Waals surface area (Å²) in [5, 5.41) is 2.91. The minimum Gasteiger partial charge on any atom is -0.372 e. The number of nitrogens with one attached hydrogen (secondary N) is 1. The molecule has 1 heterocycles. The first-order valence-electron chi connectivity index (χ1n) is 6.15. The number of rotatable bonds is 8. The van der Waals surface area contributed by atoms with E-state index in [1.807, 2.05) is 4.90 Å². The minimum atomic E-state index is -0.314. The van der Waals surface area contributed by atoms with Gasteiger partial charge in [0.25, 0.3) is 0 Å². The van der Waals surface area contributed by atoms with Gasteiger partial charge in [-0.15, -0.1) is 0 Å². The monoisotopic (exact) mass is 251 g/mol. The molecule has 0 aliphatic carbocycles. The molecule has 0 saturated carbocycles. The van der Waals surface area contributed by atoms with Gasteiger partial charge in [0.2, 0.25) is 5.91 Å². The van der Waals surface area contributed by atoms with Crippen molar-refractivity contribution >= 4 is 11.7 Å². The molecule has 18 heavy (non-hydrogen) atoms. The zero-order chi connectivity index (χ0) is 13.4. The normalized spacial score (nSPS) is 10.6. The van der Waals surface area contributed by atoms with E-state index in [2.05, 4.69) is 22.2 Å². The molecule has 0 fully saturated rings. The van der Waals surface area contributed by atoms with Crippen molar-refractivity contribution in [1.82, 2.24) is 14.9 Å². The van der Waals surface area contributed by atoms with Crippen molar-refractivity contribution in [2.45, 2.75) is 26.3 Å². The Morgan fingerprint density at radius 3 is 2.72 bits per heavy atom. The van der Waals surface area contributed by atoms with Crippen LogP contribution in [0.15, 0.2) is 12.4 Å². The Hall–Kier alpha value is -1.69. The summed E-state index contributed by atoms with van der Waals surface area (Å²) < 4.78 is 0. The molecule has 0 unspecified atom stereocenters. The van der Waals surface area contributed by atoms with Crippen molar-refractivity contribution in [3.05, 3.63) is 18.1 Å². The molecule has 1 aromatic rings. The quantitative estimate of drug-likeness (QED) is 0.707. The van der Waals surface area contributed by atoms with E-state index in [0.717, 1.165) is 30.9 Å². The van der Waals surface area contributed by atoms with Crippen LogP contribution in [0.3, 0.4) is 0 Å². The standard InChI is InChI=1S/C12H21N5O/c1-3-4-5-17(9-11(13)18)8-10-6-16-12(14-2)7-15-10/h6-7H,3-5,8-9H2,1-2H3,(H2,13,18)(H,14,16). The van der Waals surface area contributed by atoms with Crippen molar-refractivity contribution in [3.63, 3.8) is 0 Å². The maximum atomic E-state index is 11.0. The van der Waals surface area contributed by atoms with Gasteiger partial charge in [-0.3, -0.25) is 14.7 Å². The van der Waals surface area contributed by atoms with E-state index in [0.29, 0.717) is 6.54 Å². The number of amides is 1. The van der Waals surface area contributed by atoms with Crippen LogP contribution >= 0.6 is 0 Å². The molecule has 0 aliphatic heterocycles. The van der Waals surface area contributed by atoms with Crippen molar-refractivity contribution in [2.75, 3.05) is 25.5 Å². The molecule has 0 atom stereocenters. The maximum absolute atomic E-state index is 11.0. The van der Waals surface area contributed by atoms with Gasteiger partial charge < -0.3 is 11.1 Å². The van der Waals surface area contributed by atoms with Crippen molar-refractivity contribution < 1.29 is 4.79 Å². The summed E-state index contributed by atoms with van der Waals surface area (Å²) in [6.45, 7) is 3.81. The summed E-state index contributed by atoms with van der Waals surface area (Å²) in [7, 11) is 1.80. The third-order valence-corrected chi connectivity index (χ3v) is 2.55. The first kappa shape index (κ1) is 14.4. The first-order valence-corrected chi connectivity index (χ1v) is 6.15. The van der Waals surface area contributed by atoms with Crippen LogP contribution in [0.5, 0.6) is 0 Å². The van der Waals surface area contributed by atoms with Gasteiger partial charge in [-0.05, 0) is 13.0 Å². The van der Waals surface area contributed by atoms with Crippen LogP contribution in [0.2, 0.25) is 0 Å². The zero-order valence-electron chi connectivity index (χ0n) is 11.0. The number of carbonyl (C=O) groups is 1. The Morgan fingerprint density at radius 2 is 2.22 bits per heavy atom. The molecule has 0 radical (unpaired) electrons. The first-order chi connectivity index (χ1) is 8.65. The predicted octanol–water partition coefficient (Wildman–Crippen LogP) is 0.606. The minimum absolute atomic E-state index is 0.259. The van der Waals surface area contributed by atoms with Gasteiger partial charge in [-0.25, -0.2) is 4.98 Å². The molecule has 0 saturated heterocycles. The number of anilines is 1. The topological polar surface area (TPSA) is 84.1 Å². The van der Waals surface area contributed by atoms with E-state index in [4.69, 9.17) is 5.73 Å². The number of nitrogens with zero attached hydrogens (tertiary/aromatic N) is 3. The highest BCUT2D eigenvalue weighted by Crippen LogP contribution is 2.04. The van der Waals surface area contributed by atoms with E-state index in [1.165, 1.54) is 0 Å². The number of hydrogen-bond donors (Lipinski definition) is 2. The SMILES string of the molecule is CCCCN(CC(N)=O)Cc1cnc(NC)cn1. The molecule has 6 nitrogen and oxygen atoms in total. The van der Waals surface area contributed by atoms with Gasteiger partial charge in [0.05, 0.1) is 24.6 Å². The van der Waals surface area contributed by atoms with Crippen LogP contribution in [0.1, 0.15) is 25.5 Å². The molecule has 100 valence electrons. The van der Waals surface area contributed by atoms with Crippen molar-refractivity contribution in [3.8, 4) is 0 Å². The second kappa shape index (κ2) is 7.60. The molecule has 6 heteroatoms. The average Bonchev–Trinajstić information content (AvgIpc) is 2.36. The van der Waals surface area contributed by atoms with E-state index >= 15 is 0 Å². The summed E-state index contributed by atoms with van der Waals surface area (Å²) in [6, 6.07) is 0. The molecule has 0 aliphatic rings. The molecule has 1 rings (SSSR count). The maximum Gasteiger partial charge on any atom is 0.231 e. The predicted molar refractivity (Wildman–Crippen MR) is 71.0 cm³/mol. The molecular weight excluding hydrogens is 230 g/mol. The molecular formula is C12H21N5O. The molecule has 0 bridgehead atoms. The van der Waals surface area contributed by atoms with Crippen LogP contribution in [0.4, 0.5) is 5.82 Å². The highest BCUT2D eigenvalue weighted by Gasteiger charge is 2.09. The molecule has 1 amide bonds. The van der Waals surface area contributed by atoms with Gasteiger partial charge in [0.1, 0.15) is 5.82 Å². The fourth-order valence-electron chi connectivity index (χ4n) is 1.61. The molecule has 1 aromatic heterocycles. The third kappa shape index (κ3) is 5.09. The van der Waals surface area contributed by atoms with Crippen molar-refractivity contribution in [1.29, 1.82) is 0 Å². The lowest BCUT2D eigenvalue weighted by Gasteiger charge is -2.19. The summed E-state index contributed by atoms with van der Waals surface area (Å²) in [5.41, 5.74) is 6.08. The average molecular weight is 251 g/mol. The van der Waals surface area contributed by atoms with Gasteiger partial charge in [-0.1, -0.05) is 13.3 Å². The molecule has 0 aromatic carbocycles. The summed E-state index contributed by atoms with van der Waals surface area (Å²) >= 11 is 0. The Balaban J connectivity index is 2.59. The highest BCUT2D eigenvalue weighted by atomic mass is 16.1. The summed E-state index contributed by atoms with van der Waals surface area (Å²) in [4.78, 5) is 21.5. The summed E-state index contributed by atoms with van der Waals surface area (Å²) in [6.07, 6.45) is 5.51. The lowest BCUT2D eigenvalue weighted by atomic mass is 10.3. The number of unbranched alkanes of at least 4 members (excludes halogenated alkanes) is 1. The van der Waals surface area contributed by atoms with Crippen LogP contribution in [0, 0.1) is 0 Å². The largest absolute Gasteiger partial charge is 0.372 e. The smallest absolute Gasteiger partial charge is 0.231 e. The second-order valence-corrected chi connectivity index (χ2v) is 4.17. The van der Waals surface area contributed by atoms with Gasteiger partial charge in [-0.2, -0.15) is 0 Å². The summed E-state index contributed by atoms with van der Waals surface area (Å²) in [5.74, 6) is 0.416. The molecule has 3 N–H and O–H groups in total. The van der Waals surface area contributed by atoms with Gasteiger partial charge >= 0.3 is 0 Å². The zero-order valence-corrected chi connectivity index (χ0v) is 11.0.